The molecule has 0 saturated carbocycles. The molecule has 4 nitrogen and oxygen atoms in total. The van der Waals surface area contributed by atoms with E-state index in [2.05, 4.69) is 5.32 Å². The van der Waals surface area contributed by atoms with E-state index in [1.807, 2.05) is 28.8 Å². The van der Waals surface area contributed by atoms with E-state index in [9.17, 15) is 4.79 Å². The van der Waals surface area contributed by atoms with Gasteiger partial charge in [0.15, 0.2) is 9.71 Å². The van der Waals surface area contributed by atoms with E-state index in [1.165, 1.54) is 17.6 Å². The molecule has 96 valence electrons. The average molecular weight is 290 g/mol. The molecule has 0 bridgehead atoms. The molecule has 0 fully saturated rings. The minimum absolute atomic E-state index is 0.248. The number of amides is 1. The van der Waals surface area contributed by atoms with Crippen molar-refractivity contribution in [1.29, 1.82) is 0 Å². The topological polar surface area (TPSA) is 47.2 Å². The molecule has 0 aliphatic rings. The number of carbonyl (C=O) groups is 1. The van der Waals surface area contributed by atoms with Crippen LogP contribution in [0.4, 0.5) is 0 Å². The molecule has 6 heteroatoms. The molecule has 0 aliphatic carbocycles. The maximum atomic E-state index is 11.8. The Morgan fingerprint density at radius 3 is 2.95 bits per heavy atom. The first kappa shape index (κ1) is 12.1. The molecule has 1 amide bonds. The van der Waals surface area contributed by atoms with Crippen molar-refractivity contribution in [1.82, 2.24) is 9.88 Å². The summed E-state index contributed by atoms with van der Waals surface area (Å²) in [6.45, 7) is 0.336. The molecule has 1 N–H and O–H groups in total. The second-order valence-electron chi connectivity index (χ2n) is 3.91. The van der Waals surface area contributed by atoms with E-state index in [4.69, 9.17) is 16.6 Å². The van der Waals surface area contributed by atoms with Gasteiger partial charge in [-0.2, -0.15) is 0 Å². The van der Waals surface area contributed by atoms with Gasteiger partial charge in [-0.05, 0) is 36.5 Å². The molecule has 0 radical (unpaired) electrons. The Bertz CT molecular complexity index is 771. The second kappa shape index (κ2) is 4.99. The number of hydrogen-bond acceptors (Lipinski definition) is 4. The highest BCUT2D eigenvalue weighted by molar-refractivity contribution is 7.73. The van der Waals surface area contributed by atoms with Crippen LogP contribution in [0.15, 0.2) is 47.1 Å². The Hall–Kier alpha value is -1.92. The predicted molar refractivity (Wildman–Crippen MR) is 76.8 cm³/mol. The third kappa shape index (κ3) is 2.32. The highest BCUT2D eigenvalue weighted by Gasteiger charge is 2.09. The lowest BCUT2D eigenvalue weighted by Crippen LogP contribution is -2.25. The van der Waals surface area contributed by atoms with Crippen molar-refractivity contribution in [2.24, 2.45) is 0 Å². The minimum Gasteiger partial charge on any atom is -0.459 e. The van der Waals surface area contributed by atoms with E-state index >= 15 is 0 Å². The lowest BCUT2D eigenvalue weighted by Gasteiger charge is -2.05. The summed E-state index contributed by atoms with van der Waals surface area (Å²) in [4.78, 5) is 11.8. The number of furan rings is 1. The van der Waals surface area contributed by atoms with Crippen molar-refractivity contribution in [3.63, 3.8) is 0 Å². The number of carbonyl (C=O) groups excluding carboxylic acids is 1. The zero-order valence-corrected chi connectivity index (χ0v) is 11.5. The fourth-order valence-electron chi connectivity index (χ4n) is 1.81. The van der Waals surface area contributed by atoms with Crippen LogP contribution in [0.2, 0.25) is 0 Å². The normalized spacial score (nSPS) is 10.7. The number of hydrogen-bond donors (Lipinski definition) is 1. The van der Waals surface area contributed by atoms with Gasteiger partial charge in [0.2, 0.25) is 0 Å². The summed E-state index contributed by atoms with van der Waals surface area (Å²) < 4.78 is 8.79. The standard InChI is InChI=1S/C13H10N2O2S2/c16-12(10-5-3-7-17-10)14-8-15-9-4-1-2-6-11(9)19-13(15)18/h1-7H,8H2,(H,14,16). The van der Waals surface area contributed by atoms with E-state index < -0.39 is 0 Å². The van der Waals surface area contributed by atoms with Gasteiger partial charge in [-0.15, -0.1) is 11.3 Å². The molecule has 0 atom stereocenters. The molecule has 19 heavy (non-hydrogen) atoms. The van der Waals surface area contributed by atoms with Crippen LogP contribution in [0.5, 0.6) is 0 Å². The van der Waals surface area contributed by atoms with Crippen molar-refractivity contribution < 1.29 is 9.21 Å². The zero-order chi connectivity index (χ0) is 13.2. The van der Waals surface area contributed by atoms with Gasteiger partial charge in [-0.1, -0.05) is 12.1 Å². The first-order valence-electron chi connectivity index (χ1n) is 5.66. The number of fused-ring (bicyclic) bond motifs is 1. The lowest BCUT2D eigenvalue weighted by atomic mass is 10.3. The van der Waals surface area contributed by atoms with Gasteiger partial charge in [-0.25, -0.2) is 0 Å². The Kier molecular flexibility index (Phi) is 3.18. The van der Waals surface area contributed by atoms with Crippen LogP contribution >= 0.6 is 23.6 Å². The van der Waals surface area contributed by atoms with Gasteiger partial charge in [0, 0.05) is 0 Å². The van der Waals surface area contributed by atoms with E-state index in [-0.39, 0.29) is 5.91 Å². The second-order valence-corrected chi connectivity index (χ2v) is 5.58. The van der Waals surface area contributed by atoms with Crippen LogP contribution in [0, 0.1) is 3.95 Å². The molecule has 2 aromatic heterocycles. The highest BCUT2D eigenvalue weighted by atomic mass is 32.1. The molecule has 0 unspecified atom stereocenters. The van der Waals surface area contributed by atoms with Crippen LogP contribution in [0.25, 0.3) is 10.2 Å². The monoisotopic (exact) mass is 290 g/mol. The van der Waals surface area contributed by atoms with Gasteiger partial charge in [0.05, 0.1) is 23.1 Å². The fourth-order valence-corrected chi connectivity index (χ4v) is 3.13. The van der Waals surface area contributed by atoms with Gasteiger partial charge >= 0.3 is 0 Å². The van der Waals surface area contributed by atoms with Gasteiger partial charge in [0.1, 0.15) is 0 Å². The van der Waals surface area contributed by atoms with Crippen LogP contribution in [0.3, 0.4) is 0 Å². The average Bonchev–Trinajstić information content (AvgIpc) is 3.03. The number of benzene rings is 1. The number of aromatic nitrogens is 1. The molecule has 0 saturated heterocycles. The molecular weight excluding hydrogens is 280 g/mol. The van der Waals surface area contributed by atoms with Crippen LogP contribution < -0.4 is 5.32 Å². The van der Waals surface area contributed by atoms with E-state index in [0.29, 0.717) is 12.4 Å². The van der Waals surface area contributed by atoms with Crippen LogP contribution in [0.1, 0.15) is 10.6 Å². The summed E-state index contributed by atoms with van der Waals surface area (Å²) >= 11 is 6.84. The highest BCUT2D eigenvalue weighted by Crippen LogP contribution is 2.22. The fraction of sp³-hybridized carbons (Fsp3) is 0.0769. The van der Waals surface area contributed by atoms with E-state index in [1.54, 1.807) is 12.1 Å². The molecule has 1 aromatic carbocycles. The quantitative estimate of drug-likeness (QED) is 0.752. The SMILES string of the molecule is O=C(NCn1c(=S)sc2ccccc21)c1ccco1. The summed E-state index contributed by atoms with van der Waals surface area (Å²) in [5.74, 6) is 0.0493. The first-order valence-corrected chi connectivity index (χ1v) is 6.88. The predicted octanol–water partition coefficient (Wildman–Crippen LogP) is 3.41. The summed E-state index contributed by atoms with van der Waals surface area (Å²) in [6.07, 6.45) is 1.47. The molecular formula is C13H10N2O2S2. The first-order chi connectivity index (χ1) is 9.25. The van der Waals surface area contributed by atoms with Gasteiger partial charge in [-0.3, -0.25) is 4.79 Å². The largest absolute Gasteiger partial charge is 0.459 e. The number of nitrogens with zero attached hydrogens (tertiary/aromatic N) is 1. The Morgan fingerprint density at radius 1 is 1.32 bits per heavy atom. The summed E-state index contributed by atoms with van der Waals surface area (Å²) in [6, 6.07) is 11.2. The molecule has 3 aromatic rings. The van der Waals surface area contributed by atoms with Crippen molar-refractivity contribution in [2.45, 2.75) is 6.67 Å². The number of para-hydroxylation sites is 1. The molecule has 3 rings (SSSR count). The van der Waals surface area contributed by atoms with Crippen molar-refractivity contribution in [3.05, 3.63) is 52.4 Å². The smallest absolute Gasteiger partial charge is 0.288 e. The van der Waals surface area contributed by atoms with Gasteiger partial charge < -0.3 is 14.3 Å². The number of nitrogens with one attached hydrogen (secondary N) is 1. The summed E-state index contributed by atoms with van der Waals surface area (Å²) in [5.41, 5.74) is 1.03. The molecule has 0 spiro atoms. The van der Waals surface area contributed by atoms with E-state index in [0.717, 1.165) is 14.2 Å². The van der Waals surface area contributed by atoms with Gasteiger partial charge in [0.25, 0.3) is 5.91 Å². The Balaban J connectivity index is 1.84. The zero-order valence-electron chi connectivity index (χ0n) is 9.83. The summed E-state index contributed by atoms with van der Waals surface area (Å²) in [5, 5.41) is 2.79. The van der Waals surface area contributed by atoms with Crippen molar-refractivity contribution in [2.75, 3.05) is 0 Å². The summed E-state index contributed by atoms with van der Waals surface area (Å²) in [7, 11) is 0. The third-order valence-corrected chi connectivity index (χ3v) is 4.15. The maximum absolute atomic E-state index is 11.8. The van der Waals surface area contributed by atoms with Crippen molar-refractivity contribution in [3.8, 4) is 0 Å². The Morgan fingerprint density at radius 2 is 2.16 bits per heavy atom. The molecule has 2 heterocycles. The maximum Gasteiger partial charge on any atom is 0.288 e. The number of rotatable bonds is 3. The number of thiazole rings is 1. The van der Waals surface area contributed by atoms with Crippen LogP contribution in [-0.4, -0.2) is 10.5 Å². The van der Waals surface area contributed by atoms with Crippen LogP contribution in [-0.2, 0) is 6.67 Å². The Labute approximate surface area is 118 Å². The minimum atomic E-state index is -0.248. The van der Waals surface area contributed by atoms with Crippen molar-refractivity contribution >= 4 is 39.7 Å². The third-order valence-electron chi connectivity index (χ3n) is 2.72. The lowest BCUT2D eigenvalue weighted by molar-refractivity contribution is 0.0915. The molecule has 0 aliphatic heterocycles.